The van der Waals surface area contributed by atoms with Gasteiger partial charge in [0.1, 0.15) is 0 Å². The summed E-state index contributed by atoms with van der Waals surface area (Å²) < 4.78 is 0. The van der Waals surface area contributed by atoms with Crippen molar-refractivity contribution in [2.45, 2.75) is 0 Å². The van der Waals surface area contributed by atoms with Crippen LogP contribution in [0.4, 0.5) is 0 Å². The highest BCUT2D eigenvalue weighted by atomic mass is 35.5. The molecule has 4 nitrogen and oxygen atoms in total. The van der Waals surface area contributed by atoms with Crippen LogP contribution in [0.1, 0.15) is 5.56 Å². The Bertz CT molecular complexity index is 555. The number of carbonyl (C=O) groups is 2. The summed E-state index contributed by atoms with van der Waals surface area (Å²) in [6.07, 6.45) is 1.52. The molecule has 1 saturated heterocycles. The number of carbonyl (C=O) groups excluding carboxylic acids is 2. The fourth-order valence-corrected chi connectivity index (χ4v) is 1.62. The van der Waals surface area contributed by atoms with Crippen LogP contribution in [0, 0.1) is 17.2 Å². The molecular weight excluding hydrogens is 240 g/mol. The fraction of sp³-hybridized carbons (Fsp3) is 0.0833. The molecule has 0 radical (unpaired) electrons. The van der Waals surface area contributed by atoms with Crippen molar-refractivity contribution in [2.75, 3.05) is 0 Å². The van der Waals surface area contributed by atoms with E-state index in [9.17, 15) is 9.59 Å². The minimum Gasteiger partial charge on any atom is -0.321 e. The molecule has 1 aliphatic rings. The molecule has 17 heavy (non-hydrogen) atoms. The van der Waals surface area contributed by atoms with E-state index in [2.05, 4.69) is 5.32 Å². The molecule has 1 N–H and O–H groups in total. The fourth-order valence-electron chi connectivity index (χ4n) is 1.49. The van der Waals surface area contributed by atoms with Crippen molar-refractivity contribution in [3.8, 4) is 6.07 Å². The first-order valence-corrected chi connectivity index (χ1v) is 5.21. The van der Waals surface area contributed by atoms with Crippen molar-refractivity contribution in [3.05, 3.63) is 40.5 Å². The molecule has 1 amide bonds. The summed E-state index contributed by atoms with van der Waals surface area (Å²) in [7, 11) is 0. The highest BCUT2D eigenvalue weighted by Gasteiger charge is 2.36. The van der Waals surface area contributed by atoms with Gasteiger partial charge in [-0.05, 0) is 23.8 Å². The molecule has 1 atom stereocenters. The van der Waals surface area contributed by atoms with Crippen molar-refractivity contribution in [1.29, 1.82) is 5.26 Å². The van der Waals surface area contributed by atoms with Gasteiger partial charge in [0.2, 0.25) is 11.7 Å². The molecular formula is C12H7ClN2O2. The summed E-state index contributed by atoms with van der Waals surface area (Å²) in [6.45, 7) is 0. The summed E-state index contributed by atoms with van der Waals surface area (Å²) in [5.41, 5.74) is 0.875. The molecule has 1 aliphatic heterocycles. The molecule has 0 spiro atoms. The number of nitrogens with zero attached hydrogens (tertiary/aromatic N) is 1. The van der Waals surface area contributed by atoms with E-state index in [4.69, 9.17) is 16.9 Å². The Labute approximate surface area is 102 Å². The number of hydrogen-bond acceptors (Lipinski definition) is 3. The maximum Gasteiger partial charge on any atom is 0.249 e. The number of nitriles is 1. The average molecular weight is 247 g/mol. The zero-order valence-electron chi connectivity index (χ0n) is 8.61. The van der Waals surface area contributed by atoms with Crippen LogP contribution in [-0.2, 0) is 9.59 Å². The zero-order valence-corrected chi connectivity index (χ0v) is 9.36. The second kappa shape index (κ2) is 4.40. The van der Waals surface area contributed by atoms with Gasteiger partial charge in [-0.25, -0.2) is 0 Å². The largest absolute Gasteiger partial charge is 0.321 e. The number of nitrogens with one attached hydrogen (secondary N) is 1. The Kier molecular flexibility index (Phi) is 2.94. The molecule has 1 aromatic rings. The lowest BCUT2D eigenvalue weighted by molar-refractivity contribution is -0.125. The van der Waals surface area contributed by atoms with Gasteiger partial charge in [-0.3, -0.25) is 9.59 Å². The standard InChI is InChI=1S/C12H7ClN2O2/c13-8-3-1-7(2-4-8)5-10-11(16)9(6-14)12(17)15-10/h1-5,9H,(H,15,17)/b10-5-. The van der Waals surface area contributed by atoms with E-state index in [1.807, 2.05) is 0 Å². The molecule has 2 rings (SSSR count). The van der Waals surface area contributed by atoms with Gasteiger partial charge in [0, 0.05) is 5.02 Å². The highest BCUT2D eigenvalue weighted by molar-refractivity contribution is 6.30. The molecule has 84 valence electrons. The summed E-state index contributed by atoms with van der Waals surface area (Å²) in [4.78, 5) is 22.9. The van der Waals surface area contributed by atoms with Crippen LogP contribution in [0.25, 0.3) is 6.08 Å². The lowest BCUT2D eigenvalue weighted by Gasteiger charge is -1.97. The van der Waals surface area contributed by atoms with Crippen molar-refractivity contribution >= 4 is 29.4 Å². The third kappa shape index (κ3) is 2.19. The smallest absolute Gasteiger partial charge is 0.249 e. The quantitative estimate of drug-likeness (QED) is 0.603. The van der Waals surface area contributed by atoms with Gasteiger partial charge >= 0.3 is 0 Å². The van der Waals surface area contributed by atoms with E-state index in [1.54, 1.807) is 30.3 Å². The van der Waals surface area contributed by atoms with E-state index < -0.39 is 17.6 Å². The van der Waals surface area contributed by atoms with E-state index in [-0.39, 0.29) is 5.70 Å². The first-order valence-electron chi connectivity index (χ1n) is 4.84. The molecule has 5 heteroatoms. The predicted octanol–water partition coefficient (Wildman–Crippen LogP) is 1.52. The van der Waals surface area contributed by atoms with Crippen molar-refractivity contribution < 1.29 is 9.59 Å². The number of rotatable bonds is 1. The molecule has 1 unspecified atom stereocenters. The van der Waals surface area contributed by atoms with Crippen LogP contribution in [0.2, 0.25) is 5.02 Å². The van der Waals surface area contributed by atoms with Gasteiger partial charge < -0.3 is 5.32 Å². The van der Waals surface area contributed by atoms with E-state index in [1.165, 1.54) is 6.08 Å². The average Bonchev–Trinajstić information content (AvgIpc) is 2.57. The Morgan fingerprint density at radius 1 is 1.29 bits per heavy atom. The van der Waals surface area contributed by atoms with Crippen molar-refractivity contribution in [3.63, 3.8) is 0 Å². The minimum absolute atomic E-state index is 0.142. The van der Waals surface area contributed by atoms with Gasteiger partial charge in [0.25, 0.3) is 0 Å². The number of halogens is 1. The maximum absolute atomic E-state index is 11.6. The number of hydrogen-bond donors (Lipinski definition) is 1. The number of ketones is 1. The van der Waals surface area contributed by atoms with Gasteiger partial charge in [-0.15, -0.1) is 0 Å². The lowest BCUT2D eigenvalue weighted by atomic mass is 10.1. The Balaban J connectivity index is 2.31. The second-order valence-corrected chi connectivity index (χ2v) is 3.96. The van der Waals surface area contributed by atoms with Crippen LogP contribution in [0.5, 0.6) is 0 Å². The van der Waals surface area contributed by atoms with Crippen LogP contribution in [-0.4, -0.2) is 11.7 Å². The zero-order chi connectivity index (χ0) is 12.4. The summed E-state index contributed by atoms with van der Waals surface area (Å²) in [5.74, 6) is -2.29. The Hall–Kier alpha value is -2.12. The molecule has 1 aromatic carbocycles. The summed E-state index contributed by atoms with van der Waals surface area (Å²) >= 11 is 5.73. The topological polar surface area (TPSA) is 70.0 Å². The number of benzene rings is 1. The van der Waals surface area contributed by atoms with E-state index in [0.29, 0.717) is 5.02 Å². The first kappa shape index (κ1) is 11.4. The van der Waals surface area contributed by atoms with Crippen LogP contribution in [0.15, 0.2) is 30.0 Å². The number of Topliss-reactive ketones (excluding diaryl/α,β-unsaturated/α-hetero) is 1. The van der Waals surface area contributed by atoms with Crippen LogP contribution in [0.3, 0.4) is 0 Å². The monoisotopic (exact) mass is 246 g/mol. The maximum atomic E-state index is 11.6. The summed E-state index contributed by atoms with van der Waals surface area (Å²) in [6, 6.07) is 8.45. The Morgan fingerprint density at radius 3 is 2.47 bits per heavy atom. The number of amides is 1. The highest BCUT2D eigenvalue weighted by Crippen LogP contribution is 2.17. The molecule has 0 saturated carbocycles. The predicted molar refractivity (Wildman–Crippen MR) is 61.7 cm³/mol. The van der Waals surface area contributed by atoms with Crippen LogP contribution < -0.4 is 5.32 Å². The normalized spacial score (nSPS) is 21.4. The Morgan fingerprint density at radius 2 is 1.94 bits per heavy atom. The third-order valence-electron chi connectivity index (χ3n) is 2.36. The van der Waals surface area contributed by atoms with Crippen LogP contribution >= 0.6 is 11.6 Å². The van der Waals surface area contributed by atoms with Gasteiger partial charge in [0.05, 0.1) is 11.8 Å². The molecule has 1 heterocycles. The van der Waals surface area contributed by atoms with Crippen molar-refractivity contribution in [2.24, 2.45) is 5.92 Å². The molecule has 1 fully saturated rings. The van der Waals surface area contributed by atoms with Gasteiger partial charge in [-0.1, -0.05) is 23.7 Å². The van der Waals surface area contributed by atoms with Crippen molar-refractivity contribution in [1.82, 2.24) is 5.32 Å². The number of allylic oxidation sites excluding steroid dienone is 1. The van der Waals surface area contributed by atoms with E-state index >= 15 is 0 Å². The molecule has 0 bridgehead atoms. The second-order valence-electron chi connectivity index (χ2n) is 3.53. The summed E-state index contributed by atoms with van der Waals surface area (Å²) in [5, 5.41) is 11.6. The molecule has 0 aliphatic carbocycles. The van der Waals surface area contributed by atoms with Gasteiger partial charge in [0.15, 0.2) is 5.92 Å². The van der Waals surface area contributed by atoms with E-state index in [0.717, 1.165) is 5.56 Å². The SMILES string of the molecule is N#CC1C(=O)N/C(=C\c2ccc(Cl)cc2)C1=O. The minimum atomic E-state index is -1.23. The third-order valence-corrected chi connectivity index (χ3v) is 2.61. The first-order chi connectivity index (χ1) is 8.11. The van der Waals surface area contributed by atoms with Gasteiger partial charge in [-0.2, -0.15) is 5.26 Å². The molecule has 0 aromatic heterocycles. The lowest BCUT2D eigenvalue weighted by Crippen LogP contribution is -2.17.